The van der Waals surface area contributed by atoms with Gasteiger partial charge in [0.1, 0.15) is 0 Å². The summed E-state index contributed by atoms with van der Waals surface area (Å²) in [4.78, 5) is 21.5. The standard InChI is InChI=1S/C19H24N4O/c1-14-2-3-16-17(12-14)21-7-5-18(16)22-8-10-23(11-9-22)19(24)15-4-6-20-13-15/h2-3,5,7,12,15,20H,4,6,8-11,13H2,1H3. The number of amides is 1. The molecule has 2 aliphatic heterocycles. The van der Waals surface area contributed by atoms with Crippen LogP contribution in [0, 0.1) is 12.8 Å². The first-order chi connectivity index (χ1) is 11.7. The van der Waals surface area contributed by atoms with E-state index in [0.29, 0.717) is 5.91 Å². The number of nitrogens with one attached hydrogen (secondary N) is 1. The number of piperazine rings is 1. The molecule has 0 aliphatic carbocycles. The molecule has 24 heavy (non-hydrogen) atoms. The molecule has 0 bridgehead atoms. The molecule has 126 valence electrons. The highest BCUT2D eigenvalue weighted by Gasteiger charge is 2.29. The number of nitrogens with zero attached hydrogens (tertiary/aromatic N) is 3. The molecule has 0 saturated carbocycles. The Kier molecular flexibility index (Phi) is 4.10. The molecule has 2 aromatic rings. The molecule has 2 saturated heterocycles. The summed E-state index contributed by atoms with van der Waals surface area (Å²) in [5, 5.41) is 4.48. The average Bonchev–Trinajstić information content (AvgIpc) is 3.15. The molecule has 5 nitrogen and oxygen atoms in total. The Bertz CT molecular complexity index is 746. The van der Waals surface area contributed by atoms with Gasteiger partial charge in [-0.3, -0.25) is 9.78 Å². The minimum atomic E-state index is 0.182. The zero-order valence-corrected chi connectivity index (χ0v) is 14.2. The largest absolute Gasteiger partial charge is 0.367 e. The molecule has 2 fully saturated rings. The molecule has 1 amide bonds. The monoisotopic (exact) mass is 324 g/mol. The van der Waals surface area contributed by atoms with E-state index in [1.807, 2.05) is 11.1 Å². The fourth-order valence-electron chi connectivity index (χ4n) is 3.81. The maximum Gasteiger partial charge on any atom is 0.227 e. The first-order valence-electron chi connectivity index (χ1n) is 8.82. The molecule has 1 aromatic heterocycles. The fourth-order valence-corrected chi connectivity index (χ4v) is 3.81. The van der Waals surface area contributed by atoms with E-state index in [1.54, 1.807) is 0 Å². The van der Waals surface area contributed by atoms with E-state index in [0.717, 1.165) is 51.2 Å². The van der Waals surface area contributed by atoms with Gasteiger partial charge in [-0.2, -0.15) is 0 Å². The van der Waals surface area contributed by atoms with Gasteiger partial charge < -0.3 is 15.1 Å². The molecule has 2 aliphatic rings. The predicted molar refractivity (Wildman–Crippen MR) is 96.2 cm³/mol. The van der Waals surface area contributed by atoms with Gasteiger partial charge in [-0.05, 0) is 37.6 Å². The van der Waals surface area contributed by atoms with Gasteiger partial charge in [0.25, 0.3) is 0 Å². The van der Waals surface area contributed by atoms with Crippen molar-refractivity contribution >= 4 is 22.5 Å². The van der Waals surface area contributed by atoms with Crippen molar-refractivity contribution in [2.75, 3.05) is 44.2 Å². The van der Waals surface area contributed by atoms with E-state index >= 15 is 0 Å². The van der Waals surface area contributed by atoms with Gasteiger partial charge in [0.15, 0.2) is 0 Å². The second-order valence-electron chi connectivity index (χ2n) is 6.85. The van der Waals surface area contributed by atoms with Gasteiger partial charge in [0.05, 0.1) is 11.4 Å². The first-order valence-corrected chi connectivity index (χ1v) is 8.82. The zero-order valence-electron chi connectivity index (χ0n) is 14.2. The summed E-state index contributed by atoms with van der Waals surface area (Å²) in [6.45, 7) is 7.30. The van der Waals surface area contributed by atoms with Crippen LogP contribution in [0.3, 0.4) is 0 Å². The van der Waals surface area contributed by atoms with Crippen molar-refractivity contribution in [1.29, 1.82) is 0 Å². The first kappa shape index (κ1) is 15.4. The van der Waals surface area contributed by atoms with Gasteiger partial charge in [0.2, 0.25) is 5.91 Å². The number of pyridine rings is 1. The Balaban J connectivity index is 1.49. The number of fused-ring (bicyclic) bond motifs is 1. The second kappa shape index (κ2) is 6.40. The lowest BCUT2D eigenvalue weighted by atomic mass is 10.1. The number of anilines is 1. The molecule has 0 spiro atoms. The third-order valence-electron chi connectivity index (χ3n) is 5.22. The SMILES string of the molecule is Cc1ccc2c(N3CCN(C(=O)C4CCNC4)CC3)ccnc2c1. The summed E-state index contributed by atoms with van der Waals surface area (Å²) in [5.74, 6) is 0.510. The number of carbonyl (C=O) groups excluding carboxylic acids is 1. The van der Waals surface area contributed by atoms with Crippen LogP contribution in [0.15, 0.2) is 30.5 Å². The molecular weight excluding hydrogens is 300 g/mol. The van der Waals surface area contributed by atoms with Crippen molar-refractivity contribution in [3.8, 4) is 0 Å². The number of aromatic nitrogens is 1. The number of hydrogen-bond acceptors (Lipinski definition) is 4. The minimum absolute atomic E-state index is 0.182. The predicted octanol–water partition coefficient (Wildman–Crippen LogP) is 1.80. The molecule has 1 N–H and O–H groups in total. The van der Waals surface area contributed by atoms with Crippen LogP contribution in [0.4, 0.5) is 5.69 Å². The second-order valence-corrected chi connectivity index (χ2v) is 6.85. The Morgan fingerprint density at radius 3 is 2.79 bits per heavy atom. The van der Waals surface area contributed by atoms with Gasteiger partial charge >= 0.3 is 0 Å². The number of rotatable bonds is 2. The Morgan fingerprint density at radius 1 is 1.21 bits per heavy atom. The summed E-state index contributed by atoms with van der Waals surface area (Å²) in [5.41, 5.74) is 3.51. The van der Waals surface area contributed by atoms with Gasteiger partial charge in [-0.25, -0.2) is 0 Å². The Morgan fingerprint density at radius 2 is 2.04 bits per heavy atom. The summed E-state index contributed by atoms with van der Waals surface area (Å²) < 4.78 is 0. The summed E-state index contributed by atoms with van der Waals surface area (Å²) >= 11 is 0. The number of benzene rings is 1. The van der Waals surface area contributed by atoms with Crippen molar-refractivity contribution in [3.05, 3.63) is 36.0 Å². The maximum atomic E-state index is 12.6. The summed E-state index contributed by atoms with van der Waals surface area (Å²) in [6.07, 6.45) is 2.87. The third kappa shape index (κ3) is 2.84. The minimum Gasteiger partial charge on any atom is -0.367 e. The van der Waals surface area contributed by atoms with Gasteiger partial charge in [-0.1, -0.05) is 12.1 Å². The average molecular weight is 324 g/mol. The Labute approximate surface area is 142 Å². The van der Waals surface area contributed by atoms with Gasteiger partial charge in [-0.15, -0.1) is 0 Å². The lowest BCUT2D eigenvalue weighted by Crippen LogP contribution is -2.50. The molecule has 0 radical (unpaired) electrons. The van der Waals surface area contributed by atoms with Crippen molar-refractivity contribution < 1.29 is 4.79 Å². The van der Waals surface area contributed by atoms with Crippen LogP contribution in [0.1, 0.15) is 12.0 Å². The van der Waals surface area contributed by atoms with Crippen LogP contribution >= 0.6 is 0 Å². The summed E-state index contributed by atoms with van der Waals surface area (Å²) in [6, 6.07) is 8.52. The van der Waals surface area contributed by atoms with Crippen LogP contribution in [0.5, 0.6) is 0 Å². The van der Waals surface area contributed by atoms with Crippen molar-refractivity contribution in [1.82, 2.24) is 15.2 Å². The number of hydrogen-bond donors (Lipinski definition) is 1. The van der Waals surface area contributed by atoms with E-state index in [-0.39, 0.29) is 5.92 Å². The molecule has 1 atom stereocenters. The molecule has 3 heterocycles. The highest BCUT2D eigenvalue weighted by atomic mass is 16.2. The lowest BCUT2D eigenvalue weighted by molar-refractivity contribution is -0.135. The van der Waals surface area contributed by atoms with Crippen LogP contribution in [0.25, 0.3) is 10.9 Å². The van der Waals surface area contributed by atoms with Gasteiger partial charge in [0, 0.05) is 50.0 Å². The quantitative estimate of drug-likeness (QED) is 0.915. The zero-order chi connectivity index (χ0) is 16.5. The highest BCUT2D eigenvalue weighted by molar-refractivity contribution is 5.92. The van der Waals surface area contributed by atoms with Crippen LogP contribution < -0.4 is 10.2 Å². The number of carbonyl (C=O) groups is 1. The van der Waals surface area contributed by atoms with E-state index in [4.69, 9.17) is 0 Å². The molecule has 1 aromatic carbocycles. The van der Waals surface area contributed by atoms with E-state index < -0.39 is 0 Å². The van der Waals surface area contributed by atoms with Crippen molar-refractivity contribution in [2.45, 2.75) is 13.3 Å². The summed E-state index contributed by atoms with van der Waals surface area (Å²) in [7, 11) is 0. The highest BCUT2D eigenvalue weighted by Crippen LogP contribution is 2.27. The molecule has 4 rings (SSSR count). The smallest absolute Gasteiger partial charge is 0.227 e. The lowest BCUT2D eigenvalue weighted by Gasteiger charge is -2.37. The van der Waals surface area contributed by atoms with E-state index in [9.17, 15) is 4.79 Å². The topological polar surface area (TPSA) is 48.5 Å². The third-order valence-corrected chi connectivity index (χ3v) is 5.22. The Hall–Kier alpha value is -2.14. The van der Waals surface area contributed by atoms with Crippen LogP contribution in [-0.4, -0.2) is 55.1 Å². The molecular formula is C19H24N4O. The maximum absolute atomic E-state index is 12.6. The van der Waals surface area contributed by atoms with Crippen LogP contribution in [-0.2, 0) is 4.79 Å². The van der Waals surface area contributed by atoms with Crippen molar-refractivity contribution in [2.24, 2.45) is 5.92 Å². The molecule has 1 unspecified atom stereocenters. The normalized spacial score (nSPS) is 21.5. The fraction of sp³-hybridized carbons (Fsp3) is 0.474. The number of aryl methyl sites for hydroxylation is 1. The molecule has 5 heteroatoms. The van der Waals surface area contributed by atoms with E-state index in [1.165, 1.54) is 16.6 Å². The van der Waals surface area contributed by atoms with Crippen molar-refractivity contribution in [3.63, 3.8) is 0 Å². The van der Waals surface area contributed by atoms with Crippen LogP contribution in [0.2, 0.25) is 0 Å². The van der Waals surface area contributed by atoms with E-state index in [2.05, 4.69) is 46.4 Å².